The van der Waals surface area contributed by atoms with Crippen LogP contribution in [0.1, 0.15) is 40.6 Å². The van der Waals surface area contributed by atoms with E-state index in [1.54, 1.807) is 6.07 Å². The molecular weight excluding hydrogens is 278 g/mol. The van der Waals surface area contributed by atoms with Gasteiger partial charge >= 0.3 is 0 Å². The normalized spacial score (nSPS) is 18.9. The molecule has 2 aromatic rings. The van der Waals surface area contributed by atoms with Gasteiger partial charge in [0.05, 0.1) is 6.04 Å². The molecule has 1 amide bonds. The quantitative estimate of drug-likeness (QED) is 0.919. The topological polar surface area (TPSA) is 58.4 Å². The van der Waals surface area contributed by atoms with E-state index in [0.29, 0.717) is 11.6 Å². The molecule has 0 atom stereocenters. The molecule has 1 N–H and O–H groups in total. The first-order valence-corrected chi connectivity index (χ1v) is 7.82. The molecule has 0 unspecified atom stereocenters. The Morgan fingerprint density at radius 3 is 2.77 bits per heavy atom. The Balaban J connectivity index is 1.25. The number of rotatable bonds is 5. The lowest BCUT2D eigenvalue weighted by Crippen LogP contribution is -2.58. The number of carbonyl (C=O) groups excluding carboxylic acids is 1. The summed E-state index contributed by atoms with van der Waals surface area (Å²) >= 11 is 0. The van der Waals surface area contributed by atoms with Crippen molar-refractivity contribution in [2.75, 3.05) is 13.1 Å². The summed E-state index contributed by atoms with van der Waals surface area (Å²) < 4.78 is 5.22. The molecule has 1 aliphatic heterocycles. The van der Waals surface area contributed by atoms with Gasteiger partial charge in [0.1, 0.15) is 5.76 Å². The van der Waals surface area contributed by atoms with E-state index in [1.807, 2.05) is 6.07 Å². The molecule has 5 nitrogen and oxygen atoms in total. The fraction of sp³-hybridized carbons (Fsp3) is 0.412. The minimum Gasteiger partial charge on any atom is -0.360 e. The maximum Gasteiger partial charge on any atom is 0.273 e. The lowest BCUT2D eigenvalue weighted by molar-refractivity contribution is 0.0787. The highest BCUT2D eigenvalue weighted by Crippen LogP contribution is 2.40. The Bertz CT molecular complexity index is 658. The first-order valence-electron chi connectivity index (χ1n) is 7.82. The Morgan fingerprint density at radius 2 is 2.05 bits per heavy atom. The van der Waals surface area contributed by atoms with Crippen molar-refractivity contribution in [2.45, 2.75) is 31.3 Å². The van der Waals surface area contributed by atoms with Crippen molar-refractivity contribution in [1.82, 2.24) is 15.4 Å². The molecule has 0 bridgehead atoms. The summed E-state index contributed by atoms with van der Waals surface area (Å²) in [5, 5.41) is 6.89. The summed E-state index contributed by atoms with van der Waals surface area (Å²) in [6, 6.07) is 12.4. The number of benzene rings is 1. The zero-order valence-electron chi connectivity index (χ0n) is 12.4. The second kappa shape index (κ2) is 5.57. The Hall–Kier alpha value is -2.14. The Morgan fingerprint density at radius 1 is 1.27 bits per heavy atom. The van der Waals surface area contributed by atoms with Crippen molar-refractivity contribution in [2.24, 2.45) is 0 Å². The van der Waals surface area contributed by atoms with Crippen LogP contribution in [0.3, 0.4) is 0 Å². The molecule has 1 saturated carbocycles. The summed E-state index contributed by atoms with van der Waals surface area (Å²) in [5.41, 5.74) is 1.71. The van der Waals surface area contributed by atoms with Crippen LogP contribution in [-0.4, -0.2) is 35.1 Å². The van der Waals surface area contributed by atoms with E-state index >= 15 is 0 Å². The molecule has 0 radical (unpaired) electrons. The number of hydrogen-bond donors (Lipinski definition) is 1. The smallest absolute Gasteiger partial charge is 0.273 e. The third-order valence-corrected chi connectivity index (χ3v) is 4.28. The Labute approximate surface area is 129 Å². The van der Waals surface area contributed by atoms with Gasteiger partial charge in [-0.2, -0.15) is 0 Å². The number of carbonyl (C=O) groups is 1. The van der Waals surface area contributed by atoms with E-state index in [0.717, 1.165) is 38.2 Å². The zero-order chi connectivity index (χ0) is 14.9. The van der Waals surface area contributed by atoms with Crippen molar-refractivity contribution in [3.63, 3.8) is 0 Å². The maximum atomic E-state index is 12.1. The predicted molar refractivity (Wildman–Crippen MR) is 81.5 cm³/mol. The molecule has 114 valence electrons. The lowest BCUT2D eigenvalue weighted by atomic mass is 10.1. The number of hydrogen-bond acceptors (Lipinski definition) is 4. The van der Waals surface area contributed by atoms with Gasteiger partial charge in [-0.1, -0.05) is 35.5 Å². The molecular formula is C17H19N3O2. The highest BCUT2D eigenvalue weighted by Gasteiger charge is 2.31. The third-order valence-electron chi connectivity index (χ3n) is 4.28. The molecule has 0 spiro atoms. The lowest BCUT2D eigenvalue weighted by Gasteiger charge is -2.39. The molecule has 1 aromatic carbocycles. The fourth-order valence-electron chi connectivity index (χ4n) is 2.85. The van der Waals surface area contributed by atoms with E-state index in [-0.39, 0.29) is 11.9 Å². The van der Waals surface area contributed by atoms with Crippen LogP contribution < -0.4 is 5.32 Å². The summed E-state index contributed by atoms with van der Waals surface area (Å²) in [6.45, 7) is 2.70. The van der Waals surface area contributed by atoms with Gasteiger partial charge in [0.25, 0.3) is 5.91 Å². The van der Waals surface area contributed by atoms with Gasteiger partial charge in [-0.3, -0.25) is 9.69 Å². The van der Waals surface area contributed by atoms with Gasteiger partial charge in [0.2, 0.25) is 0 Å². The van der Waals surface area contributed by atoms with Crippen LogP contribution in [-0.2, 0) is 6.54 Å². The average molecular weight is 297 g/mol. The largest absolute Gasteiger partial charge is 0.360 e. The molecule has 2 fully saturated rings. The van der Waals surface area contributed by atoms with Crippen molar-refractivity contribution in [3.05, 3.63) is 53.4 Å². The summed E-state index contributed by atoms with van der Waals surface area (Å²) in [7, 11) is 0. The van der Waals surface area contributed by atoms with Gasteiger partial charge in [0, 0.05) is 31.6 Å². The SMILES string of the molecule is O=C(NC1CN(Cc2ccccc2)C1)c1cc(C2CC2)on1. The number of nitrogens with one attached hydrogen (secondary N) is 1. The van der Waals surface area contributed by atoms with Gasteiger partial charge in [0.15, 0.2) is 5.69 Å². The van der Waals surface area contributed by atoms with E-state index in [1.165, 1.54) is 5.56 Å². The zero-order valence-corrected chi connectivity index (χ0v) is 12.4. The van der Waals surface area contributed by atoms with Gasteiger partial charge < -0.3 is 9.84 Å². The van der Waals surface area contributed by atoms with Crippen LogP contribution in [0.5, 0.6) is 0 Å². The third kappa shape index (κ3) is 2.90. The number of amides is 1. The molecule has 1 saturated heterocycles. The number of aromatic nitrogens is 1. The van der Waals surface area contributed by atoms with Crippen LogP contribution in [0.2, 0.25) is 0 Å². The fourth-order valence-corrected chi connectivity index (χ4v) is 2.85. The van der Waals surface area contributed by atoms with Crippen LogP contribution in [0.25, 0.3) is 0 Å². The van der Waals surface area contributed by atoms with E-state index in [4.69, 9.17) is 4.52 Å². The molecule has 2 heterocycles. The molecule has 1 aromatic heterocycles. The highest BCUT2D eigenvalue weighted by atomic mass is 16.5. The summed E-state index contributed by atoms with van der Waals surface area (Å²) in [5.74, 6) is 1.21. The van der Waals surface area contributed by atoms with Gasteiger partial charge in [-0.05, 0) is 18.4 Å². The van der Waals surface area contributed by atoms with Crippen LogP contribution in [0, 0.1) is 0 Å². The van der Waals surface area contributed by atoms with Crippen molar-refractivity contribution in [3.8, 4) is 0 Å². The van der Waals surface area contributed by atoms with Crippen LogP contribution in [0.15, 0.2) is 40.9 Å². The summed E-state index contributed by atoms with van der Waals surface area (Å²) in [4.78, 5) is 14.4. The number of likely N-dealkylation sites (tertiary alicyclic amines) is 1. The van der Waals surface area contributed by atoms with Crippen LogP contribution in [0.4, 0.5) is 0 Å². The minimum absolute atomic E-state index is 0.125. The second-order valence-electron chi connectivity index (χ2n) is 6.24. The van der Waals surface area contributed by atoms with E-state index in [2.05, 4.69) is 39.6 Å². The Kier molecular flexibility index (Phi) is 3.42. The van der Waals surface area contributed by atoms with E-state index in [9.17, 15) is 4.79 Å². The first-order chi connectivity index (χ1) is 10.8. The van der Waals surface area contributed by atoms with Crippen molar-refractivity contribution in [1.29, 1.82) is 0 Å². The monoisotopic (exact) mass is 297 g/mol. The maximum absolute atomic E-state index is 12.1. The molecule has 2 aliphatic rings. The highest BCUT2D eigenvalue weighted by molar-refractivity contribution is 5.92. The molecule has 4 rings (SSSR count). The minimum atomic E-state index is -0.125. The average Bonchev–Trinajstić information content (AvgIpc) is 3.23. The van der Waals surface area contributed by atoms with Crippen molar-refractivity contribution >= 4 is 5.91 Å². The van der Waals surface area contributed by atoms with Gasteiger partial charge in [-0.15, -0.1) is 0 Å². The first kappa shape index (κ1) is 13.5. The summed E-state index contributed by atoms with van der Waals surface area (Å²) in [6.07, 6.45) is 2.29. The predicted octanol–water partition coefficient (Wildman–Crippen LogP) is 2.17. The molecule has 5 heteroatoms. The van der Waals surface area contributed by atoms with Gasteiger partial charge in [-0.25, -0.2) is 0 Å². The van der Waals surface area contributed by atoms with Crippen LogP contribution >= 0.6 is 0 Å². The number of nitrogens with zero attached hydrogens (tertiary/aromatic N) is 2. The van der Waals surface area contributed by atoms with Crippen molar-refractivity contribution < 1.29 is 9.32 Å². The molecule has 1 aliphatic carbocycles. The standard InChI is InChI=1S/C17H19N3O2/c21-17(15-8-16(22-19-15)13-6-7-13)18-14-10-20(11-14)9-12-4-2-1-3-5-12/h1-5,8,13-14H,6-7,9-11H2,(H,18,21). The molecule has 22 heavy (non-hydrogen) atoms. The second-order valence-corrected chi connectivity index (χ2v) is 6.24. The van der Waals surface area contributed by atoms with E-state index < -0.39 is 0 Å².